The lowest BCUT2D eigenvalue weighted by Crippen LogP contribution is -2.35. The van der Waals surface area contributed by atoms with Crippen molar-refractivity contribution >= 4 is 11.9 Å². The lowest BCUT2D eigenvalue weighted by atomic mass is 9.63. The van der Waals surface area contributed by atoms with E-state index in [1.165, 1.54) is 12.5 Å². The molecule has 0 bridgehead atoms. The van der Waals surface area contributed by atoms with Crippen molar-refractivity contribution in [2.24, 2.45) is 35.0 Å². The maximum atomic E-state index is 12.0. The number of aliphatic carboxylic acids is 2. The van der Waals surface area contributed by atoms with Crippen molar-refractivity contribution in [2.45, 2.75) is 72.3 Å². The average Bonchev–Trinajstić information content (AvgIpc) is 3.18. The predicted octanol–water partition coefficient (Wildman–Crippen LogP) is 4.82. The monoisotopic (exact) mass is 416 g/mol. The van der Waals surface area contributed by atoms with Gasteiger partial charge in [-0.3, -0.25) is 0 Å². The minimum absolute atomic E-state index is 0.0815. The number of carboxylic acids is 2. The van der Waals surface area contributed by atoms with Gasteiger partial charge in [-0.2, -0.15) is 0 Å². The van der Waals surface area contributed by atoms with Crippen LogP contribution in [0.25, 0.3) is 0 Å². The third-order valence-corrected chi connectivity index (χ3v) is 8.26. The van der Waals surface area contributed by atoms with E-state index in [-0.39, 0.29) is 28.7 Å². The molecule has 5 heteroatoms. The number of allylic oxidation sites excluding steroid dienone is 2. The van der Waals surface area contributed by atoms with Crippen molar-refractivity contribution in [1.82, 2.24) is 0 Å². The van der Waals surface area contributed by atoms with Gasteiger partial charge in [-0.25, -0.2) is 9.59 Å². The largest absolute Gasteiger partial charge is 0.478 e. The normalized spacial score (nSPS) is 37.7. The fourth-order valence-corrected chi connectivity index (χ4v) is 6.18. The lowest BCUT2D eigenvalue weighted by Gasteiger charge is -2.41. The first kappa shape index (κ1) is 22.8. The molecule has 3 aliphatic carbocycles. The highest BCUT2D eigenvalue weighted by atomic mass is 16.4. The maximum absolute atomic E-state index is 12.0. The smallest absolute Gasteiger partial charge is 0.331 e. The molecule has 0 aromatic heterocycles. The topological polar surface area (TPSA) is 94.8 Å². The van der Waals surface area contributed by atoms with E-state index in [4.69, 9.17) is 5.11 Å². The molecule has 0 radical (unpaired) electrons. The number of carboxylic acid groups (broad SMARTS) is 2. The van der Waals surface area contributed by atoms with Crippen LogP contribution in [0.4, 0.5) is 0 Å². The predicted molar refractivity (Wildman–Crippen MR) is 116 cm³/mol. The molecule has 166 valence electrons. The molecule has 0 heterocycles. The van der Waals surface area contributed by atoms with E-state index in [9.17, 15) is 19.8 Å². The van der Waals surface area contributed by atoms with E-state index >= 15 is 0 Å². The minimum atomic E-state index is -0.964. The van der Waals surface area contributed by atoms with Crippen molar-refractivity contribution in [3.63, 3.8) is 0 Å². The standard InChI is InChI=1S/C25H36O5/c1-14-5-7-18-19(24(29)30)8-9-21-17(11-12-25(21,4)13-20(14)18)16(3)22(26)10-6-15(2)23(27)28/h6,8,11,14,16,18,20-22,26H,5,7,9-10,12-13H2,1-4H3,(H,27,28)(H,29,30)/b15-6+,19-8+/t14?,16-,18-,20-,21-,22?,25?/m1/s1. The summed E-state index contributed by atoms with van der Waals surface area (Å²) in [6.45, 7) is 8.14. The molecule has 0 amide bonds. The van der Waals surface area contributed by atoms with E-state index in [0.29, 0.717) is 30.3 Å². The summed E-state index contributed by atoms with van der Waals surface area (Å²) in [5, 5.41) is 29.6. The van der Waals surface area contributed by atoms with Crippen LogP contribution in [-0.2, 0) is 9.59 Å². The number of aliphatic hydroxyl groups is 1. The summed E-state index contributed by atoms with van der Waals surface area (Å²) in [7, 11) is 0. The summed E-state index contributed by atoms with van der Waals surface area (Å²) in [6, 6.07) is 0. The minimum Gasteiger partial charge on any atom is -0.478 e. The Hall–Kier alpha value is -1.88. The van der Waals surface area contributed by atoms with Crippen LogP contribution in [0.5, 0.6) is 0 Å². The van der Waals surface area contributed by atoms with E-state index in [1.807, 2.05) is 13.0 Å². The molecule has 0 aromatic carbocycles. The molecule has 0 aliphatic heterocycles. The van der Waals surface area contributed by atoms with Crippen LogP contribution < -0.4 is 0 Å². The van der Waals surface area contributed by atoms with Gasteiger partial charge in [0.25, 0.3) is 0 Å². The Balaban J connectivity index is 1.84. The molecule has 0 spiro atoms. The Bertz CT molecular complexity index is 791. The highest BCUT2D eigenvalue weighted by Crippen LogP contribution is 2.57. The zero-order valence-electron chi connectivity index (χ0n) is 18.6. The van der Waals surface area contributed by atoms with Crippen molar-refractivity contribution in [2.75, 3.05) is 0 Å². The van der Waals surface area contributed by atoms with Crippen LogP contribution in [-0.4, -0.2) is 33.4 Å². The molecule has 3 unspecified atom stereocenters. The van der Waals surface area contributed by atoms with Crippen LogP contribution in [0.3, 0.4) is 0 Å². The molecule has 5 nitrogen and oxygen atoms in total. The second kappa shape index (κ2) is 8.70. The van der Waals surface area contributed by atoms with Gasteiger partial charge in [0.1, 0.15) is 0 Å². The first-order valence-corrected chi connectivity index (χ1v) is 11.3. The van der Waals surface area contributed by atoms with Crippen LogP contribution in [0.2, 0.25) is 0 Å². The second-order valence-corrected chi connectivity index (χ2v) is 10.1. The summed E-state index contributed by atoms with van der Waals surface area (Å²) in [5.41, 5.74) is 2.12. The molecule has 3 N–H and O–H groups in total. The zero-order chi connectivity index (χ0) is 22.2. The summed E-state index contributed by atoms with van der Waals surface area (Å²) in [4.78, 5) is 23.0. The molecule has 1 fully saturated rings. The molecule has 1 saturated carbocycles. The third-order valence-electron chi connectivity index (χ3n) is 8.26. The summed E-state index contributed by atoms with van der Waals surface area (Å²) < 4.78 is 0. The molecule has 7 atom stereocenters. The summed E-state index contributed by atoms with van der Waals surface area (Å²) in [5.74, 6) is -0.532. The Morgan fingerprint density at radius 1 is 1.27 bits per heavy atom. The van der Waals surface area contributed by atoms with Crippen LogP contribution in [0.15, 0.2) is 34.9 Å². The summed E-state index contributed by atoms with van der Waals surface area (Å²) >= 11 is 0. The number of hydrogen-bond donors (Lipinski definition) is 3. The van der Waals surface area contributed by atoms with Crippen molar-refractivity contribution < 1.29 is 24.9 Å². The first-order chi connectivity index (χ1) is 14.0. The van der Waals surface area contributed by atoms with E-state index in [1.54, 1.807) is 6.08 Å². The fraction of sp³-hybridized carbons (Fsp3) is 0.680. The van der Waals surface area contributed by atoms with Crippen LogP contribution >= 0.6 is 0 Å². The van der Waals surface area contributed by atoms with Crippen LogP contribution in [0.1, 0.15) is 66.2 Å². The second-order valence-electron chi connectivity index (χ2n) is 10.1. The van der Waals surface area contributed by atoms with E-state index in [0.717, 1.165) is 25.7 Å². The number of rotatable bonds is 6. The van der Waals surface area contributed by atoms with Gasteiger partial charge < -0.3 is 15.3 Å². The molecule has 3 aliphatic rings. The van der Waals surface area contributed by atoms with Crippen molar-refractivity contribution in [1.29, 1.82) is 0 Å². The van der Waals surface area contributed by atoms with Gasteiger partial charge >= 0.3 is 11.9 Å². The van der Waals surface area contributed by atoms with Gasteiger partial charge in [0.2, 0.25) is 0 Å². The maximum Gasteiger partial charge on any atom is 0.331 e. The Morgan fingerprint density at radius 3 is 2.60 bits per heavy atom. The first-order valence-electron chi connectivity index (χ1n) is 11.3. The van der Waals surface area contributed by atoms with Crippen molar-refractivity contribution in [3.8, 4) is 0 Å². The Labute approximate surface area is 179 Å². The van der Waals surface area contributed by atoms with Gasteiger partial charge in [-0.05, 0) is 74.5 Å². The molecular weight excluding hydrogens is 380 g/mol. The van der Waals surface area contributed by atoms with E-state index in [2.05, 4.69) is 19.9 Å². The number of aliphatic hydroxyl groups excluding tert-OH is 1. The van der Waals surface area contributed by atoms with Gasteiger partial charge in [-0.1, -0.05) is 44.6 Å². The average molecular weight is 417 g/mol. The highest BCUT2D eigenvalue weighted by molar-refractivity contribution is 5.87. The molecule has 3 rings (SSSR count). The molecule has 0 aromatic rings. The number of hydrogen-bond acceptors (Lipinski definition) is 3. The quantitative estimate of drug-likeness (QED) is 0.426. The molecule has 0 saturated heterocycles. The molecule has 30 heavy (non-hydrogen) atoms. The number of fused-ring (bicyclic) bond motifs is 2. The lowest BCUT2D eigenvalue weighted by molar-refractivity contribution is -0.134. The number of carbonyl (C=O) groups is 2. The van der Waals surface area contributed by atoms with Gasteiger partial charge in [0.05, 0.1) is 6.10 Å². The van der Waals surface area contributed by atoms with Crippen molar-refractivity contribution in [3.05, 3.63) is 34.9 Å². The summed E-state index contributed by atoms with van der Waals surface area (Å²) in [6.07, 6.45) is 10.2. The third kappa shape index (κ3) is 4.27. The zero-order valence-corrected chi connectivity index (χ0v) is 18.6. The van der Waals surface area contributed by atoms with E-state index < -0.39 is 18.0 Å². The van der Waals surface area contributed by atoms with Gasteiger partial charge in [0.15, 0.2) is 0 Å². The highest BCUT2D eigenvalue weighted by Gasteiger charge is 2.49. The fourth-order valence-electron chi connectivity index (χ4n) is 6.18. The molecular formula is C25H36O5. The van der Waals surface area contributed by atoms with Crippen LogP contribution in [0, 0.1) is 35.0 Å². The van der Waals surface area contributed by atoms with Gasteiger partial charge in [0, 0.05) is 17.1 Å². The van der Waals surface area contributed by atoms with Gasteiger partial charge in [-0.15, -0.1) is 0 Å². The Morgan fingerprint density at radius 2 is 1.97 bits per heavy atom. The SMILES string of the molecule is C/C(=C\CC(O)[C@H](C)C1=CCC2(C)C[C@@H]3C(C)CC[C@@H]3/C(C(=O)O)=C\C[C@H]12)C(=O)O. The Kier molecular flexibility index (Phi) is 6.61.